The number of hydrogen-bond acceptors (Lipinski definition) is 8. The Morgan fingerprint density at radius 3 is 2.42 bits per heavy atom. The van der Waals surface area contributed by atoms with Crippen LogP contribution in [0, 0.1) is 0 Å². The van der Waals surface area contributed by atoms with E-state index in [1.165, 1.54) is 43.5 Å². The van der Waals surface area contributed by atoms with Gasteiger partial charge in [-0.15, -0.1) is 0 Å². The van der Waals surface area contributed by atoms with Crippen LogP contribution in [0.5, 0.6) is 11.5 Å². The monoisotopic (exact) mass is 487 g/mol. The van der Waals surface area contributed by atoms with Crippen LogP contribution in [0.1, 0.15) is 25.3 Å². The molecule has 33 heavy (non-hydrogen) atoms. The van der Waals surface area contributed by atoms with E-state index in [4.69, 9.17) is 21.2 Å². The van der Waals surface area contributed by atoms with E-state index in [1.807, 2.05) is 5.48 Å². The van der Waals surface area contributed by atoms with Crippen molar-refractivity contribution in [3.8, 4) is 11.5 Å². The van der Waals surface area contributed by atoms with Crippen LogP contribution in [0.4, 0.5) is 24.1 Å². The fourth-order valence-electron chi connectivity index (χ4n) is 2.04. The van der Waals surface area contributed by atoms with Crippen molar-refractivity contribution in [2.75, 3.05) is 25.5 Å². The standard InChI is InChI=1S/C10H15FN4O.C6H5FO2.C3H9NO2.2FH.H2/c1-7(11)3-8(4-12)5-15-9(6-16)10(13-2)14-15;7-9-6-3-1-2-5(8)4-6;5-3-1-2-4-6;;;/h3-4,6,13-14H,5,12H2,1-2H3;1-4,8H;4-6H,1-3H2;3*1H/b7-3+,8-4+;;;;;. The van der Waals surface area contributed by atoms with E-state index < -0.39 is 0 Å². The molecule has 0 aliphatic heterocycles. The van der Waals surface area contributed by atoms with Crippen molar-refractivity contribution in [1.29, 1.82) is 0 Å². The third kappa shape index (κ3) is 14.2. The highest BCUT2D eigenvalue weighted by molar-refractivity contribution is 5.81. The van der Waals surface area contributed by atoms with Crippen molar-refractivity contribution >= 4 is 12.1 Å². The Morgan fingerprint density at radius 1 is 1.39 bits per heavy atom. The molecule has 10 nitrogen and oxygen atoms in total. The summed E-state index contributed by atoms with van der Waals surface area (Å²) in [5.41, 5.74) is 8.34. The molecule has 0 saturated carbocycles. The molecule has 8 N–H and O–H groups in total. The van der Waals surface area contributed by atoms with Crippen LogP contribution < -0.4 is 21.5 Å². The van der Waals surface area contributed by atoms with Crippen LogP contribution in [0.15, 0.2) is 47.9 Å². The number of nitrogens with zero attached hydrogens (tertiary/aromatic N) is 1. The second kappa shape index (κ2) is 20.4. The number of hydroxylamine groups is 1. The van der Waals surface area contributed by atoms with Crippen molar-refractivity contribution in [3.05, 3.63) is 53.6 Å². The van der Waals surface area contributed by atoms with Gasteiger partial charge in [-0.3, -0.25) is 28.9 Å². The first-order valence-corrected chi connectivity index (χ1v) is 9.08. The second-order valence-corrected chi connectivity index (χ2v) is 5.86. The number of nitrogens with one attached hydrogen (secondary N) is 3. The van der Waals surface area contributed by atoms with Gasteiger partial charge in [-0.25, -0.2) is 9.87 Å². The summed E-state index contributed by atoms with van der Waals surface area (Å²) < 4.78 is 25.5. The molecule has 0 unspecified atom stereocenters. The second-order valence-electron chi connectivity index (χ2n) is 5.86. The highest BCUT2D eigenvalue weighted by Gasteiger charge is 2.12. The number of benzene rings is 1. The highest BCUT2D eigenvalue weighted by Crippen LogP contribution is 2.17. The molecule has 0 atom stereocenters. The Hall–Kier alpha value is -3.49. The summed E-state index contributed by atoms with van der Waals surface area (Å²) in [7, 11) is 1.70. The molecule has 1 heterocycles. The molecule has 192 valence electrons. The summed E-state index contributed by atoms with van der Waals surface area (Å²) >= 11 is 0. The van der Waals surface area contributed by atoms with Gasteiger partial charge in [0.25, 0.3) is 0 Å². The number of aromatic amines is 1. The SMILES string of the molecule is CNc1[nH]n(CC(/C=C(\C)F)=C/N)c1C=O.F.F.OCCCNO.Oc1cccc(OF)c1.[HH]. The minimum atomic E-state index is -0.331. The van der Waals surface area contributed by atoms with Crippen LogP contribution in [0.3, 0.4) is 0 Å². The Bertz CT molecular complexity index is 826. The lowest BCUT2D eigenvalue weighted by molar-refractivity contribution is -0.00641. The molecule has 0 radical (unpaired) electrons. The summed E-state index contributed by atoms with van der Waals surface area (Å²) in [5, 5.41) is 30.3. The Labute approximate surface area is 189 Å². The zero-order chi connectivity index (χ0) is 23.6. The average molecular weight is 487 g/mol. The van der Waals surface area contributed by atoms with Gasteiger partial charge < -0.3 is 26.5 Å². The van der Waals surface area contributed by atoms with Crippen molar-refractivity contribution < 1.29 is 44.9 Å². The molecule has 0 fully saturated rings. The zero-order valence-corrected chi connectivity index (χ0v) is 18.1. The number of aromatic nitrogens is 2. The first-order chi connectivity index (χ1) is 14.9. The lowest BCUT2D eigenvalue weighted by Crippen LogP contribution is -2.21. The molecule has 0 amide bonds. The molecular weight excluding hydrogens is 454 g/mol. The molecule has 0 bridgehead atoms. The third-order valence-electron chi connectivity index (χ3n) is 3.45. The lowest BCUT2D eigenvalue weighted by Gasteiger charge is -2.19. The Balaban J connectivity index is -0.000000214. The molecule has 2 rings (SSSR count). The lowest BCUT2D eigenvalue weighted by atomic mass is 10.2. The maximum absolute atomic E-state index is 12.7. The van der Waals surface area contributed by atoms with E-state index in [-0.39, 0.29) is 34.8 Å². The first kappa shape index (κ1) is 34.1. The fourth-order valence-corrected chi connectivity index (χ4v) is 2.04. The van der Waals surface area contributed by atoms with Crippen molar-refractivity contribution in [3.63, 3.8) is 0 Å². The van der Waals surface area contributed by atoms with Gasteiger partial charge in [-0.1, -0.05) is 6.07 Å². The van der Waals surface area contributed by atoms with E-state index in [1.54, 1.807) is 11.7 Å². The topological polar surface area (TPSA) is 158 Å². The number of aliphatic hydroxyl groups excluding tert-OH is 1. The number of aldehydes is 1. The number of anilines is 1. The molecule has 0 aliphatic carbocycles. The first-order valence-electron chi connectivity index (χ1n) is 9.08. The van der Waals surface area contributed by atoms with E-state index in [2.05, 4.69) is 15.4 Å². The van der Waals surface area contributed by atoms with E-state index in [0.29, 0.717) is 36.6 Å². The van der Waals surface area contributed by atoms with Crippen molar-refractivity contribution in [1.82, 2.24) is 15.3 Å². The molecule has 14 heteroatoms. The molecule has 0 aliphatic rings. The van der Waals surface area contributed by atoms with Crippen molar-refractivity contribution in [2.24, 2.45) is 5.73 Å². The van der Waals surface area contributed by atoms with Gasteiger partial charge in [0.05, 0.1) is 12.4 Å². The Morgan fingerprint density at radius 2 is 2.06 bits per heavy atom. The number of aliphatic hydroxyl groups is 1. The summed E-state index contributed by atoms with van der Waals surface area (Å²) in [4.78, 5) is 14.1. The maximum atomic E-state index is 12.7. The van der Waals surface area contributed by atoms with Gasteiger partial charge in [0.2, 0.25) is 0 Å². The number of carbonyl (C=O) groups excluding carboxylic acids is 1. The van der Waals surface area contributed by atoms with Crippen LogP contribution in [-0.4, -0.2) is 51.7 Å². The number of hydrogen-bond donors (Lipinski definition) is 7. The minimum absolute atomic E-state index is 0. The van der Waals surface area contributed by atoms with Crippen LogP contribution in [0.25, 0.3) is 0 Å². The smallest absolute Gasteiger partial charge is 0.175 e. The maximum Gasteiger partial charge on any atom is 0.175 e. The number of H-pyrrole nitrogens is 1. The van der Waals surface area contributed by atoms with Gasteiger partial charge >= 0.3 is 0 Å². The van der Waals surface area contributed by atoms with E-state index in [0.717, 1.165) is 6.29 Å². The number of allylic oxidation sites excluding steroid dienone is 3. The molecular formula is C19H33F4N5O5. The van der Waals surface area contributed by atoms with Gasteiger partial charge in [-0.05, 0) is 43.3 Å². The third-order valence-corrected chi connectivity index (χ3v) is 3.45. The summed E-state index contributed by atoms with van der Waals surface area (Å²) in [6, 6.07) is 5.51. The number of phenols is 1. The highest BCUT2D eigenvalue weighted by atomic mass is 19.3. The number of rotatable bonds is 9. The molecule has 0 spiro atoms. The van der Waals surface area contributed by atoms with Crippen molar-refractivity contribution in [2.45, 2.75) is 19.9 Å². The number of aromatic hydroxyl groups is 1. The fraction of sp³-hybridized carbons (Fsp3) is 0.316. The average Bonchev–Trinajstić information content (AvgIpc) is 2.74. The normalized spacial score (nSPS) is 10.4. The molecule has 1 aromatic carbocycles. The largest absolute Gasteiger partial charge is 0.508 e. The van der Waals surface area contributed by atoms with Crippen LogP contribution in [-0.2, 0) is 6.54 Å². The molecule has 1 aromatic heterocycles. The number of phenolic OH excluding ortho intramolecular Hbond substituents is 1. The van der Waals surface area contributed by atoms with Crippen LogP contribution >= 0.6 is 0 Å². The Kier molecular flexibility index (Phi) is 21.1. The van der Waals surface area contributed by atoms with Crippen LogP contribution in [0.2, 0.25) is 0 Å². The van der Waals surface area contributed by atoms with Gasteiger partial charge in [0, 0.05) is 32.2 Å². The van der Waals surface area contributed by atoms with E-state index >= 15 is 0 Å². The number of halogens is 4. The molecule has 0 saturated heterocycles. The zero-order valence-electron chi connectivity index (χ0n) is 18.1. The molecule has 2 aromatic rings. The minimum Gasteiger partial charge on any atom is -0.508 e. The quantitative estimate of drug-likeness (QED) is 0.0935. The predicted molar refractivity (Wildman–Crippen MR) is 119 cm³/mol. The number of carbonyl (C=O) groups is 1. The number of nitrogens with two attached hydrogens (primary N) is 1. The summed E-state index contributed by atoms with van der Waals surface area (Å²) in [6.07, 6.45) is 3.96. The predicted octanol–water partition coefficient (Wildman–Crippen LogP) is 2.94. The van der Waals surface area contributed by atoms with Gasteiger partial charge in [0.15, 0.2) is 12.0 Å². The summed E-state index contributed by atoms with van der Waals surface area (Å²) in [5.74, 6) is 0.315. The van der Waals surface area contributed by atoms with E-state index in [9.17, 15) is 13.7 Å². The van der Waals surface area contributed by atoms with Gasteiger partial charge in [-0.2, -0.15) is 0 Å². The summed E-state index contributed by atoms with van der Waals surface area (Å²) in [6.45, 7) is 2.27. The van der Waals surface area contributed by atoms with Gasteiger partial charge in [0.1, 0.15) is 17.3 Å².